The summed E-state index contributed by atoms with van der Waals surface area (Å²) in [7, 11) is 3.37. The highest BCUT2D eigenvalue weighted by Gasteiger charge is 2.48. The average Bonchev–Trinajstić information content (AvgIpc) is 3.15. The molecule has 1 aliphatic heterocycles. The van der Waals surface area contributed by atoms with Gasteiger partial charge < -0.3 is 29.0 Å². The highest BCUT2D eigenvalue weighted by molar-refractivity contribution is 7.79. The monoisotopic (exact) mass is 731 g/mol. The first kappa shape index (κ1) is 37.2. The van der Waals surface area contributed by atoms with Crippen molar-refractivity contribution in [2.24, 2.45) is 10.8 Å². The van der Waals surface area contributed by atoms with E-state index in [-0.39, 0.29) is 10.8 Å². The molecule has 53 heavy (non-hydrogen) atoms. The Hall–Kier alpha value is -4.17. The van der Waals surface area contributed by atoms with Crippen LogP contribution in [-0.4, -0.2) is 45.6 Å². The molecule has 5 aromatic carbocycles. The summed E-state index contributed by atoms with van der Waals surface area (Å²) in [6, 6.07) is 31.7. The zero-order valence-electron chi connectivity index (χ0n) is 32.0. The fourth-order valence-corrected chi connectivity index (χ4v) is 9.50. The first-order chi connectivity index (χ1) is 25.4. The summed E-state index contributed by atoms with van der Waals surface area (Å²) in [5, 5.41) is 15.2. The summed E-state index contributed by atoms with van der Waals surface area (Å²) in [5.74, 6) is 2.85. The summed E-state index contributed by atoms with van der Waals surface area (Å²) < 4.78 is 24.3. The average molecular weight is 732 g/mol. The van der Waals surface area contributed by atoms with Crippen LogP contribution in [0, 0.1) is 10.8 Å². The van der Waals surface area contributed by atoms with Gasteiger partial charge in [-0.15, -0.1) is 0 Å². The number of fused-ring (bicyclic) bond motifs is 1. The first-order valence-electron chi connectivity index (χ1n) is 18.7. The molecular formula is C46H53NO5S. The topological polar surface area (TPSA) is 60.4 Å². The Morgan fingerprint density at radius 3 is 2.06 bits per heavy atom. The van der Waals surface area contributed by atoms with Crippen LogP contribution in [0.25, 0.3) is 33.0 Å². The number of hydrogen-bond donors (Lipinski definition) is 2. The van der Waals surface area contributed by atoms with Gasteiger partial charge in [-0.05, 0) is 93.6 Å². The molecule has 5 aromatic rings. The van der Waals surface area contributed by atoms with Gasteiger partial charge in [0.2, 0.25) is 0 Å². The molecule has 1 saturated heterocycles. The van der Waals surface area contributed by atoms with Crippen LogP contribution in [0.4, 0.5) is 5.69 Å². The fourth-order valence-electron chi connectivity index (χ4n) is 9.29. The molecule has 7 heteroatoms. The van der Waals surface area contributed by atoms with E-state index in [1.54, 1.807) is 14.2 Å². The lowest BCUT2D eigenvalue weighted by atomic mass is 9.57. The largest absolute Gasteiger partial charge is 0.497 e. The molecule has 7 rings (SSSR count). The molecule has 0 atom stereocenters. The van der Waals surface area contributed by atoms with Crippen LogP contribution >= 0.6 is 12.6 Å². The number of thiol groups is 1. The number of anilines is 1. The molecule has 0 unspecified atom stereocenters. The van der Waals surface area contributed by atoms with E-state index in [2.05, 4.69) is 106 Å². The fraction of sp³-hybridized carbons (Fsp3) is 0.391. The molecule has 2 fully saturated rings. The van der Waals surface area contributed by atoms with Crippen LogP contribution in [0.1, 0.15) is 63.6 Å². The maximum absolute atomic E-state index is 13.2. The maximum atomic E-state index is 13.2. The van der Waals surface area contributed by atoms with Gasteiger partial charge >= 0.3 is 0 Å². The van der Waals surface area contributed by atoms with Gasteiger partial charge in [0, 0.05) is 47.1 Å². The molecule has 0 amide bonds. The lowest BCUT2D eigenvalue weighted by Gasteiger charge is -2.50. The van der Waals surface area contributed by atoms with Crippen LogP contribution < -0.4 is 19.1 Å². The van der Waals surface area contributed by atoms with Gasteiger partial charge in [0.05, 0.1) is 33.0 Å². The molecule has 0 aromatic heterocycles. The van der Waals surface area contributed by atoms with Crippen molar-refractivity contribution in [2.45, 2.75) is 64.9 Å². The van der Waals surface area contributed by atoms with Crippen molar-refractivity contribution >= 4 is 29.1 Å². The summed E-state index contributed by atoms with van der Waals surface area (Å²) in [4.78, 5) is 2.41. The Labute approximate surface area is 320 Å². The highest BCUT2D eigenvalue weighted by Crippen LogP contribution is 2.57. The smallest absolute Gasteiger partial charge is 0.130 e. The van der Waals surface area contributed by atoms with Gasteiger partial charge in [-0.3, -0.25) is 0 Å². The number of methoxy groups -OCH3 is 2. The number of aliphatic hydroxyl groups is 1. The van der Waals surface area contributed by atoms with Crippen molar-refractivity contribution < 1.29 is 24.1 Å². The number of morpholine rings is 1. The van der Waals surface area contributed by atoms with Crippen LogP contribution in [0.3, 0.4) is 0 Å². The maximum Gasteiger partial charge on any atom is 0.130 e. The van der Waals surface area contributed by atoms with Gasteiger partial charge in [-0.25, -0.2) is 0 Å². The predicted octanol–water partition coefficient (Wildman–Crippen LogP) is 10.5. The van der Waals surface area contributed by atoms with E-state index >= 15 is 0 Å². The third-order valence-electron chi connectivity index (χ3n) is 10.9. The Morgan fingerprint density at radius 2 is 1.42 bits per heavy atom. The van der Waals surface area contributed by atoms with E-state index in [0.717, 1.165) is 92.2 Å². The molecule has 1 saturated carbocycles. The SMILES string of the molecule is COc1ccc(-c2cc3c(OCc4ccccc4)cc(C4(O)CC(C)(C)CC(C)(C)C4)c(-c4ccc(CS)cc4)c3cc2N2CCOCC2)c(OC)c1. The first-order valence-corrected chi connectivity index (χ1v) is 19.4. The number of benzene rings is 5. The molecule has 2 aliphatic rings. The van der Waals surface area contributed by atoms with Crippen molar-refractivity contribution in [3.63, 3.8) is 0 Å². The second-order valence-corrected chi connectivity index (χ2v) is 16.7. The lowest BCUT2D eigenvalue weighted by molar-refractivity contribution is -0.0909. The molecular weight excluding hydrogens is 679 g/mol. The molecule has 0 bridgehead atoms. The number of hydrogen-bond acceptors (Lipinski definition) is 7. The Balaban J connectivity index is 1.57. The standard InChI is InChI=1S/C46H53NO5S/c1-44(2)28-45(3,4)30-46(48,29-44)39-25-42(52-26-31-10-8-7-9-11-31)37-23-36(35-17-16-34(49-5)22-41(35)50-6)40(47-18-20-51-21-19-47)24-38(37)43(39)33-14-12-32(27-53)13-15-33/h7-17,22-25,48,53H,18-21,26-30H2,1-6H3. The molecule has 1 N–H and O–H groups in total. The quantitative estimate of drug-likeness (QED) is 0.140. The number of rotatable bonds is 10. The minimum Gasteiger partial charge on any atom is -0.497 e. The second-order valence-electron chi connectivity index (χ2n) is 16.4. The van der Waals surface area contributed by atoms with E-state index in [9.17, 15) is 5.11 Å². The van der Waals surface area contributed by atoms with E-state index in [0.29, 0.717) is 38.4 Å². The van der Waals surface area contributed by atoms with E-state index in [1.807, 2.05) is 30.3 Å². The van der Waals surface area contributed by atoms with Gasteiger partial charge in [0.1, 0.15) is 23.9 Å². The molecule has 1 heterocycles. The zero-order valence-corrected chi connectivity index (χ0v) is 32.9. The molecule has 1 aliphatic carbocycles. The zero-order chi connectivity index (χ0) is 37.4. The third kappa shape index (κ3) is 7.75. The van der Waals surface area contributed by atoms with Crippen molar-refractivity contribution in [3.05, 3.63) is 108 Å². The Kier molecular flexibility index (Phi) is 10.5. The van der Waals surface area contributed by atoms with Crippen LogP contribution in [-0.2, 0) is 22.7 Å². The Morgan fingerprint density at radius 1 is 0.717 bits per heavy atom. The summed E-state index contributed by atoms with van der Waals surface area (Å²) >= 11 is 4.57. The normalized spacial score (nSPS) is 17.8. The van der Waals surface area contributed by atoms with Crippen LogP contribution in [0.5, 0.6) is 17.2 Å². The summed E-state index contributed by atoms with van der Waals surface area (Å²) in [5.41, 5.74) is 7.07. The van der Waals surface area contributed by atoms with Crippen molar-refractivity contribution in [1.29, 1.82) is 0 Å². The number of nitrogens with zero attached hydrogens (tertiary/aromatic N) is 1. The summed E-state index contributed by atoms with van der Waals surface area (Å²) in [6.07, 6.45) is 2.33. The van der Waals surface area contributed by atoms with Gasteiger partial charge in [0.15, 0.2) is 0 Å². The molecule has 0 spiro atoms. The summed E-state index contributed by atoms with van der Waals surface area (Å²) in [6.45, 7) is 12.4. The van der Waals surface area contributed by atoms with E-state index in [4.69, 9.17) is 18.9 Å². The third-order valence-corrected chi connectivity index (χ3v) is 11.3. The minimum absolute atomic E-state index is 0.0720. The van der Waals surface area contributed by atoms with Crippen molar-refractivity contribution in [2.75, 3.05) is 45.4 Å². The number of ether oxygens (including phenoxy) is 4. The molecule has 0 radical (unpaired) electrons. The van der Waals surface area contributed by atoms with Gasteiger partial charge in [0.25, 0.3) is 0 Å². The minimum atomic E-state index is -1.10. The van der Waals surface area contributed by atoms with Crippen LogP contribution in [0.2, 0.25) is 0 Å². The van der Waals surface area contributed by atoms with E-state index in [1.165, 1.54) is 0 Å². The van der Waals surface area contributed by atoms with Gasteiger partial charge in [-0.1, -0.05) is 82.3 Å². The van der Waals surface area contributed by atoms with Crippen LogP contribution in [0.15, 0.2) is 91.0 Å². The predicted molar refractivity (Wildman–Crippen MR) is 220 cm³/mol. The highest BCUT2D eigenvalue weighted by atomic mass is 32.1. The van der Waals surface area contributed by atoms with Crippen molar-refractivity contribution in [3.8, 4) is 39.5 Å². The Bertz CT molecular complexity index is 2050. The van der Waals surface area contributed by atoms with Crippen molar-refractivity contribution in [1.82, 2.24) is 0 Å². The molecule has 6 nitrogen and oxygen atoms in total. The lowest BCUT2D eigenvalue weighted by Crippen LogP contribution is -2.44. The van der Waals surface area contributed by atoms with Gasteiger partial charge in [-0.2, -0.15) is 12.6 Å². The van der Waals surface area contributed by atoms with E-state index < -0.39 is 5.60 Å². The second kappa shape index (κ2) is 14.9. The molecule has 278 valence electrons.